The molecule has 7 heteroatoms. The predicted octanol–water partition coefficient (Wildman–Crippen LogP) is 0.948. The van der Waals surface area contributed by atoms with Crippen LogP contribution in [0.4, 0.5) is 11.4 Å². The highest BCUT2D eigenvalue weighted by Gasteiger charge is 2.12. The van der Waals surface area contributed by atoms with Gasteiger partial charge in [0.2, 0.25) is 10.0 Å². The van der Waals surface area contributed by atoms with Crippen molar-refractivity contribution in [3.05, 3.63) is 48.3 Å². The zero-order valence-corrected chi connectivity index (χ0v) is 11.8. The van der Waals surface area contributed by atoms with Gasteiger partial charge in [-0.3, -0.25) is 4.98 Å². The number of pyridine rings is 1. The van der Waals surface area contributed by atoms with Crippen LogP contribution in [0.3, 0.4) is 0 Å². The summed E-state index contributed by atoms with van der Waals surface area (Å²) in [5.74, 6) is 0. The summed E-state index contributed by atoms with van der Waals surface area (Å²) in [6, 6.07) is 8.27. The van der Waals surface area contributed by atoms with Crippen LogP contribution in [0.25, 0.3) is 0 Å². The highest BCUT2D eigenvalue weighted by Crippen LogP contribution is 2.26. The van der Waals surface area contributed by atoms with Crippen LogP contribution in [0.1, 0.15) is 5.56 Å². The summed E-state index contributed by atoms with van der Waals surface area (Å²) >= 11 is 0. The van der Waals surface area contributed by atoms with Crippen LogP contribution in [0.15, 0.2) is 47.6 Å². The topological polar surface area (TPSA) is 102 Å². The van der Waals surface area contributed by atoms with E-state index in [0.717, 1.165) is 11.3 Å². The largest absolute Gasteiger partial charge is 0.397 e. The van der Waals surface area contributed by atoms with Gasteiger partial charge in [0, 0.05) is 26.0 Å². The fourth-order valence-corrected chi connectivity index (χ4v) is 2.46. The summed E-state index contributed by atoms with van der Waals surface area (Å²) < 4.78 is 22.5. The normalized spacial score (nSPS) is 11.3. The minimum Gasteiger partial charge on any atom is -0.397 e. The van der Waals surface area contributed by atoms with Crippen LogP contribution in [0.5, 0.6) is 0 Å². The van der Waals surface area contributed by atoms with Crippen molar-refractivity contribution < 1.29 is 8.42 Å². The lowest BCUT2D eigenvalue weighted by Gasteiger charge is -2.21. The lowest BCUT2D eigenvalue weighted by atomic mass is 10.2. The predicted molar refractivity (Wildman–Crippen MR) is 78.6 cm³/mol. The molecule has 0 radical (unpaired) electrons. The van der Waals surface area contributed by atoms with E-state index < -0.39 is 10.0 Å². The van der Waals surface area contributed by atoms with Gasteiger partial charge in [0.15, 0.2) is 0 Å². The molecule has 2 rings (SSSR count). The third-order valence-corrected chi connectivity index (χ3v) is 3.79. The summed E-state index contributed by atoms with van der Waals surface area (Å²) in [5, 5.41) is 5.07. The third kappa shape index (κ3) is 3.25. The van der Waals surface area contributed by atoms with E-state index in [2.05, 4.69) is 4.98 Å². The van der Waals surface area contributed by atoms with Gasteiger partial charge in [-0.05, 0) is 29.8 Å². The zero-order valence-electron chi connectivity index (χ0n) is 11.0. The van der Waals surface area contributed by atoms with Gasteiger partial charge in [0.1, 0.15) is 0 Å². The second-order valence-corrected chi connectivity index (χ2v) is 6.04. The number of hydrogen-bond donors (Lipinski definition) is 2. The summed E-state index contributed by atoms with van der Waals surface area (Å²) in [6.45, 7) is 0.618. The Morgan fingerprint density at radius 1 is 1.30 bits per heavy atom. The summed E-state index contributed by atoms with van der Waals surface area (Å²) in [6.07, 6.45) is 3.48. The molecule has 0 aliphatic carbocycles. The van der Waals surface area contributed by atoms with Gasteiger partial charge in [-0.15, -0.1) is 0 Å². The maximum atomic E-state index is 11.3. The molecule has 6 nitrogen and oxygen atoms in total. The van der Waals surface area contributed by atoms with E-state index in [-0.39, 0.29) is 4.90 Å². The summed E-state index contributed by atoms with van der Waals surface area (Å²) in [7, 11) is -1.86. The van der Waals surface area contributed by atoms with E-state index in [0.29, 0.717) is 12.2 Å². The monoisotopic (exact) mass is 292 g/mol. The summed E-state index contributed by atoms with van der Waals surface area (Å²) in [5.41, 5.74) is 8.03. The van der Waals surface area contributed by atoms with Gasteiger partial charge < -0.3 is 10.6 Å². The second kappa shape index (κ2) is 5.48. The Bertz CT molecular complexity index is 702. The lowest BCUT2D eigenvalue weighted by molar-refractivity contribution is 0.598. The van der Waals surface area contributed by atoms with Crippen LogP contribution in [-0.4, -0.2) is 20.4 Å². The van der Waals surface area contributed by atoms with Crippen molar-refractivity contribution in [2.45, 2.75) is 11.4 Å². The molecule has 1 heterocycles. The molecule has 2 aromatic rings. The number of benzene rings is 1. The molecule has 0 atom stereocenters. The van der Waals surface area contributed by atoms with E-state index in [4.69, 9.17) is 10.9 Å². The number of sulfonamides is 1. The number of nitrogens with two attached hydrogens (primary N) is 2. The quantitative estimate of drug-likeness (QED) is 0.817. The average Bonchev–Trinajstić information content (AvgIpc) is 2.38. The first kappa shape index (κ1) is 14.3. The molecule has 0 unspecified atom stereocenters. The number of anilines is 2. The molecule has 1 aromatic carbocycles. The van der Waals surface area contributed by atoms with E-state index in [1.807, 2.05) is 24.1 Å². The molecule has 0 bridgehead atoms. The first-order chi connectivity index (χ1) is 9.38. The van der Waals surface area contributed by atoms with E-state index in [1.54, 1.807) is 18.5 Å². The SMILES string of the molecule is CN(Cc1cccnc1)c1ccc(S(N)(=O)=O)cc1N. The van der Waals surface area contributed by atoms with Crippen LogP contribution in [0, 0.1) is 0 Å². The highest BCUT2D eigenvalue weighted by atomic mass is 32.2. The molecule has 0 aliphatic heterocycles. The third-order valence-electron chi connectivity index (χ3n) is 2.88. The van der Waals surface area contributed by atoms with Crippen LogP contribution < -0.4 is 15.8 Å². The smallest absolute Gasteiger partial charge is 0.238 e. The number of hydrogen-bond acceptors (Lipinski definition) is 5. The lowest BCUT2D eigenvalue weighted by Crippen LogP contribution is -2.19. The van der Waals surface area contributed by atoms with Crippen LogP contribution >= 0.6 is 0 Å². The van der Waals surface area contributed by atoms with E-state index >= 15 is 0 Å². The zero-order chi connectivity index (χ0) is 14.8. The Balaban J connectivity index is 2.25. The first-order valence-electron chi connectivity index (χ1n) is 5.90. The molecule has 1 aromatic heterocycles. The number of rotatable bonds is 4. The molecule has 0 aliphatic rings. The van der Waals surface area contributed by atoms with Gasteiger partial charge in [0.25, 0.3) is 0 Å². The molecular formula is C13H16N4O2S. The maximum absolute atomic E-state index is 11.3. The molecule has 0 fully saturated rings. The molecule has 0 saturated carbocycles. The second-order valence-electron chi connectivity index (χ2n) is 4.48. The van der Waals surface area contributed by atoms with Crippen molar-refractivity contribution in [2.75, 3.05) is 17.7 Å². The van der Waals surface area contributed by atoms with Gasteiger partial charge in [-0.25, -0.2) is 13.6 Å². The molecule has 0 saturated heterocycles. The number of nitrogens with zero attached hydrogens (tertiary/aromatic N) is 2. The molecule has 106 valence electrons. The number of nitrogen functional groups attached to an aromatic ring is 1. The van der Waals surface area contributed by atoms with Gasteiger partial charge >= 0.3 is 0 Å². The minimum absolute atomic E-state index is 0.00790. The summed E-state index contributed by atoms with van der Waals surface area (Å²) in [4.78, 5) is 5.97. The van der Waals surface area contributed by atoms with Gasteiger partial charge in [-0.2, -0.15) is 0 Å². The van der Waals surface area contributed by atoms with Crippen molar-refractivity contribution in [1.29, 1.82) is 0 Å². The molecule has 4 N–H and O–H groups in total. The van der Waals surface area contributed by atoms with E-state index in [1.165, 1.54) is 12.1 Å². The van der Waals surface area contributed by atoms with Crippen molar-refractivity contribution in [2.24, 2.45) is 5.14 Å². The number of primary sulfonamides is 1. The fraction of sp³-hybridized carbons (Fsp3) is 0.154. The van der Waals surface area contributed by atoms with Crippen molar-refractivity contribution in [1.82, 2.24) is 4.98 Å². The molecular weight excluding hydrogens is 276 g/mol. The fourth-order valence-electron chi connectivity index (χ4n) is 1.91. The Morgan fingerprint density at radius 3 is 2.60 bits per heavy atom. The van der Waals surface area contributed by atoms with Crippen LogP contribution in [0.2, 0.25) is 0 Å². The Labute approximate surface area is 118 Å². The Kier molecular flexibility index (Phi) is 3.91. The Morgan fingerprint density at radius 2 is 2.05 bits per heavy atom. The molecule has 0 spiro atoms. The molecule has 0 amide bonds. The van der Waals surface area contributed by atoms with Gasteiger partial charge in [0.05, 0.1) is 16.3 Å². The van der Waals surface area contributed by atoms with Gasteiger partial charge in [-0.1, -0.05) is 6.07 Å². The average molecular weight is 292 g/mol. The van der Waals surface area contributed by atoms with Crippen molar-refractivity contribution in [3.8, 4) is 0 Å². The minimum atomic E-state index is -3.74. The molecule has 20 heavy (non-hydrogen) atoms. The highest BCUT2D eigenvalue weighted by molar-refractivity contribution is 7.89. The van der Waals surface area contributed by atoms with Crippen LogP contribution in [-0.2, 0) is 16.6 Å². The van der Waals surface area contributed by atoms with E-state index in [9.17, 15) is 8.42 Å². The standard InChI is InChI=1S/C13H16N4O2S/c1-17(9-10-3-2-6-16-8-10)13-5-4-11(7-12(13)14)20(15,18)19/h2-8H,9,14H2,1H3,(H2,15,18,19). The van der Waals surface area contributed by atoms with Crippen molar-refractivity contribution in [3.63, 3.8) is 0 Å². The van der Waals surface area contributed by atoms with Crippen molar-refractivity contribution >= 4 is 21.4 Å². The Hall–Kier alpha value is -2.12. The number of aromatic nitrogens is 1. The maximum Gasteiger partial charge on any atom is 0.238 e. The first-order valence-corrected chi connectivity index (χ1v) is 7.45.